The number of rotatable bonds is 8. The van der Waals surface area contributed by atoms with Crippen molar-refractivity contribution < 1.29 is 9.47 Å². The van der Waals surface area contributed by atoms with Crippen molar-refractivity contribution in [2.45, 2.75) is 72.6 Å². The Morgan fingerprint density at radius 2 is 0.867 bits per heavy atom. The number of aryl methyl sites for hydroxylation is 2. The van der Waals surface area contributed by atoms with Crippen molar-refractivity contribution in [3.8, 4) is 45.5 Å². The van der Waals surface area contributed by atoms with Crippen LogP contribution in [0.15, 0.2) is 249 Å². The summed E-state index contributed by atoms with van der Waals surface area (Å²) in [4.78, 5) is 2.43. The molecule has 2 aromatic heterocycles. The monoisotopic (exact) mass is 1160 g/mol. The molecule has 0 amide bonds. The fourth-order valence-electron chi connectivity index (χ4n) is 16.1. The lowest BCUT2D eigenvalue weighted by molar-refractivity contribution is 0.487. The maximum Gasteiger partial charge on any atom is 0.251 e. The topological polar surface area (TPSA) is 31.6 Å². The molecule has 432 valence electrons. The lowest BCUT2D eigenvalue weighted by atomic mass is 9.34. The number of nitrogens with zero attached hydrogens (tertiary/aromatic N) is 3. The number of ether oxygens (including phenoxy) is 2. The van der Waals surface area contributed by atoms with E-state index in [0.717, 1.165) is 78.6 Å². The number of fused-ring (bicyclic) bond motifs is 12. The number of aromatic nitrogens is 2. The summed E-state index contributed by atoms with van der Waals surface area (Å²) in [5.41, 5.74) is 27.8. The first-order chi connectivity index (χ1) is 43.9. The standard InChI is InChI=1S/C83H67B2N3O2/c1-50(2)58-26-20-27-59(51(3)4)82(58)84-66-31-13-18-37-76(66)89-78-48-56(39-42-67(78)84)86-70-32-14-9-24-61(70)63-47-55(41-44-72(63)86)87-71-33-15-10-25-62(71)80-60(28-21-36-75(80)87)54-38-45-77-69(46-54)85(81-52(5)22-19-23-53(81)6)68-43-40-57(49-79(68)90-77)88-73-34-16-11-29-64(73)83(7,8)65-30-12-17-35-74(65)88/h9-51H,1-8H3. The average Bonchev–Trinajstić information content (AvgIpc) is 1.16. The van der Waals surface area contributed by atoms with Gasteiger partial charge < -0.3 is 23.5 Å². The van der Waals surface area contributed by atoms with Crippen LogP contribution in [0.3, 0.4) is 0 Å². The van der Waals surface area contributed by atoms with E-state index in [1.165, 1.54) is 93.7 Å². The van der Waals surface area contributed by atoms with Crippen LogP contribution >= 0.6 is 0 Å². The van der Waals surface area contributed by atoms with E-state index in [1.807, 2.05) is 0 Å². The van der Waals surface area contributed by atoms with E-state index in [4.69, 9.17) is 9.47 Å². The quantitative estimate of drug-likeness (QED) is 0.142. The molecule has 0 N–H and O–H groups in total. The molecule has 5 heterocycles. The van der Waals surface area contributed by atoms with Gasteiger partial charge in [-0.05, 0) is 154 Å². The normalized spacial score (nSPS) is 13.7. The molecule has 0 radical (unpaired) electrons. The Hall–Kier alpha value is -10.2. The highest BCUT2D eigenvalue weighted by Crippen LogP contribution is 2.52. The van der Waals surface area contributed by atoms with Crippen molar-refractivity contribution in [1.29, 1.82) is 0 Å². The van der Waals surface area contributed by atoms with Crippen molar-refractivity contribution in [3.63, 3.8) is 0 Å². The van der Waals surface area contributed by atoms with Gasteiger partial charge in [-0.3, -0.25) is 0 Å². The van der Waals surface area contributed by atoms with Crippen LogP contribution in [0.1, 0.15) is 86.8 Å². The van der Waals surface area contributed by atoms with Gasteiger partial charge in [0.2, 0.25) is 0 Å². The van der Waals surface area contributed by atoms with E-state index in [-0.39, 0.29) is 18.8 Å². The van der Waals surface area contributed by atoms with Gasteiger partial charge in [-0.1, -0.05) is 227 Å². The molecule has 0 fully saturated rings. The Kier molecular flexibility index (Phi) is 12.2. The molecule has 3 aliphatic rings. The van der Waals surface area contributed by atoms with Gasteiger partial charge in [0.15, 0.2) is 0 Å². The van der Waals surface area contributed by atoms with Gasteiger partial charge in [-0.2, -0.15) is 0 Å². The first kappa shape index (κ1) is 54.0. The van der Waals surface area contributed by atoms with Crippen LogP contribution in [0.5, 0.6) is 23.0 Å². The molecule has 17 rings (SSSR count). The molecular weight excluding hydrogens is 1090 g/mol. The second-order valence-corrected chi connectivity index (χ2v) is 26.4. The fourth-order valence-corrected chi connectivity index (χ4v) is 16.1. The molecular formula is C83H67B2N3O2. The molecule has 0 atom stereocenters. The smallest absolute Gasteiger partial charge is 0.251 e. The molecule has 0 aliphatic carbocycles. The zero-order valence-corrected chi connectivity index (χ0v) is 52.1. The van der Waals surface area contributed by atoms with Crippen molar-refractivity contribution in [1.82, 2.24) is 9.13 Å². The summed E-state index contributed by atoms with van der Waals surface area (Å²) >= 11 is 0. The SMILES string of the molecule is Cc1cccc(C)c1B1c2ccc(N3c4ccccc4C(C)(C)c4ccccc43)cc2Oc2ccc(-c3cccc4c3c3ccccc3n4-c3ccc4c(c3)c3ccccc3n4-c3ccc4c(c3)Oc3ccccc3B4c3c(C(C)C)cccc3C(C)C)cc21. The highest BCUT2D eigenvalue weighted by Gasteiger charge is 2.40. The third-order valence-electron chi connectivity index (χ3n) is 20.2. The van der Waals surface area contributed by atoms with Gasteiger partial charge in [-0.15, -0.1) is 0 Å². The second-order valence-electron chi connectivity index (χ2n) is 26.4. The van der Waals surface area contributed by atoms with Crippen LogP contribution in [0.2, 0.25) is 0 Å². The molecule has 0 spiro atoms. The van der Waals surface area contributed by atoms with E-state index in [1.54, 1.807) is 0 Å². The summed E-state index contributed by atoms with van der Waals surface area (Å²) < 4.78 is 19.1. The average molecular weight is 1160 g/mol. The van der Waals surface area contributed by atoms with Crippen LogP contribution in [0.4, 0.5) is 17.1 Å². The van der Waals surface area contributed by atoms with Gasteiger partial charge in [0.25, 0.3) is 13.4 Å². The molecule has 12 aromatic carbocycles. The van der Waals surface area contributed by atoms with Crippen molar-refractivity contribution in [3.05, 3.63) is 282 Å². The minimum atomic E-state index is -0.157. The molecule has 0 saturated carbocycles. The first-order valence-electron chi connectivity index (χ1n) is 32.0. The lowest BCUT2D eigenvalue weighted by Gasteiger charge is -2.42. The molecule has 0 bridgehead atoms. The Morgan fingerprint density at radius 3 is 1.57 bits per heavy atom. The summed E-state index contributed by atoms with van der Waals surface area (Å²) in [5, 5.41) is 4.81. The van der Waals surface area contributed by atoms with Crippen LogP contribution in [-0.4, -0.2) is 22.6 Å². The molecule has 3 aliphatic heterocycles. The van der Waals surface area contributed by atoms with Crippen LogP contribution < -0.4 is 47.2 Å². The molecule has 0 unspecified atom stereocenters. The highest BCUT2D eigenvalue weighted by molar-refractivity contribution is 6.98. The predicted molar refractivity (Wildman–Crippen MR) is 380 cm³/mol. The number of para-hydroxylation sites is 5. The molecule has 14 aromatic rings. The van der Waals surface area contributed by atoms with E-state index in [0.29, 0.717) is 11.8 Å². The third-order valence-corrected chi connectivity index (χ3v) is 20.2. The van der Waals surface area contributed by atoms with Gasteiger partial charge in [-0.25, -0.2) is 0 Å². The van der Waals surface area contributed by atoms with Gasteiger partial charge in [0.1, 0.15) is 23.0 Å². The van der Waals surface area contributed by atoms with Crippen LogP contribution in [-0.2, 0) is 5.41 Å². The molecule has 0 saturated heterocycles. The lowest BCUT2D eigenvalue weighted by Crippen LogP contribution is -2.57. The fraction of sp³-hybridized carbons (Fsp3) is 0.133. The van der Waals surface area contributed by atoms with E-state index in [9.17, 15) is 0 Å². The number of hydrogen-bond donors (Lipinski definition) is 0. The van der Waals surface area contributed by atoms with Crippen molar-refractivity contribution >= 4 is 107 Å². The maximum atomic E-state index is 7.20. The summed E-state index contributed by atoms with van der Waals surface area (Å²) in [6.45, 7) is 18.4. The van der Waals surface area contributed by atoms with Crippen LogP contribution in [0, 0.1) is 13.8 Å². The molecule has 7 heteroatoms. The van der Waals surface area contributed by atoms with Crippen molar-refractivity contribution in [2.24, 2.45) is 0 Å². The minimum Gasteiger partial charge on any atom is -0.458 e. The van der Waals surface area contributed by atoms with E-state index >= 15 is 0 Å². The summed E-state index contributed by atoms with van der Waals surface area (Å²) in [7, 11) is 0. The first-order valence-corrected chi connectivity index (χ1v) is 32.0. The zero-order valence-electron chi connectivity index (χ0n) is 52.1. The zero-order chi connectivity index (χ0) is 60.8. The number of anilines is 3. The Balaban J connectivity index is 0.784. The largest absolute Gasteiger partial charge is 0.458 e. The molecule has 5 nitrogen and oxygen atoms in total. The predicted octanol–water partition coefficient (Wildman–Crippen LogP) is 17.8. The summed E-state index contributed by atoms with van der Waals surface area (Å²) in [6, 6.07) is 92.4. The second kappa shape index (κ2) is 20.4. The van der Waals surface area contributed by atoms with Gasteiger partial charge in [0.05, 0.1) is 33.4 Å². The Labute approximate surface area is 527 Å². The number of benzene rings is 12. The number of hydrogen-bond acceptors (Lipinski definition) is 3. The Bertz CT molecular complexity index is 5220. The van der Waals surface area contributed by atoms with Gasteiger partial charge >= 0.3 is 0 Å². The summed E-state index contributed by atoms with van der Waals surface area (Å²) in [5.74, 6) is 4.30. The van der Waals surface area contributed by atoms with Crippen LogP contribution in [0.25, 0.3) is 66.1 Å². The maximum absolute atomic E-state index is 7.20. The summed E-state index contributed by atoms with van der Waals surface area (Å²) in [6.07, 6.45) is 0. The molecule has 90 heavy (non-hydrogen) atoms. The van der Waals surface area contributed by atoms with E-state index in [2.05, 4.69) is 318 Å². The Morgan fingerprint density at radius 1 is 0.367 bits per heavy atom. The van der Waals surface area contributed by atoms with E-state index < -0.39 is 0 Å². The minimum absolute atomic E-state index is 0.0348. The van der Waals surface area contributed by atoms with Gasteiger partial charge in [0, 0.05) is 56.2 Å². The van der Waals surface area contributed by atoms with Crippen molar-refractivity contribution in [2.75, 3.05) is 4.90 Å². The third kappa shape index (κ3) is 8.04. The highest BCUT2D eigenvalue weighted by atomic mass is 16.5.